The molecule has 0 radical (unpaired) electrons. The summed E-state index contributed by atoms with van der Waals surface area (Å²) in [4.78, 5) is 25.5. The fourth-order valence-electron chi connectivity index (χ4n) is 2.12. The Labute approximate surface area is 134 Å². The van der Waals surface area contributed by atoms with E-state index in [0.29, 0.717) is 11.5 Å². The van der Waals surface area contributed by atoms with Crippen LogP contribution in [0.2, 0.25) is 0 Å². The van der Waals surface area contributed by atoms with Crippen LogP contribution in [0.1, 0.15) is 19.4 Å². The van der Waals surface area contributed by atoms with Crippen molar-refractivity contribution in [2.45, 2.75) is 13.8 Å². The predicted octanol–water partition coefficient (Wildman–Crippen LogP) is 2.73. The molecule has 0 saturated carbocycles. The van der Waals surface area contributed by atoms with Crippen LogP contribution in [0.3, 0.4) is 0 Å². The highest BCUT2D eigenvalue weighted by molar-refractivity contribution is 8.18. The number of imide groups is 1. The van der Waals surface area contributed by atoms with E-state index in [-0.39, 0.29) is 11.1 Å². The monoisotopic (exact) mass is 320 g/mol. The number of nitrogens with one attached hydrogen (secondary N) is 1. The van der Waals surface area contributed by atoms with Crippen molar-refractivity contribution in [2.24, 2.45) is 0 Å². The third kappa shape index (κ3) is 4.35. The van der Waals surface area contributed by atoms with Crippen LogP contribution >= 0.6 is 11.8 Å². The van der Waals surface area contributed by atoms with Crippen LogP contribution in [0.4, 0.5) is 4.79 Å². The van der Waals surface area contributed by atoms with Crippen LogP contribution < -0.4 is 10.1 Å². The molecule has 0 aromatic heterocycles. The molecule has 1 heterocycles. The van der Waals surface area contributed by atoms with Crippen molar-refractivity contribution < 1.29 is 14.3 Å². The summed E-state index contributed by atoms with van der Waals surface area (Å²) in [7, 11) is 0. The molecule has 0 aliphatic carbocycles. The van der Waals surface area contributed by atoms with E-state index in [9.17, 15) is 9.59 Å². The zero-order valence-corrected chi connectivity index (χ0v) is 13.6. The maximum Gasteiger partial charge on any atom is 0.290 e. The molecular weight excluding hydrogens is 300 g/mol. The number of likely N-dealkylation sites (N-methyl/N-ethyl adjacent to an activating group) is 1. The Morgan fingerprint density at radius 2 is 1.95 bits per heavy atom. The van der Waals surface area contributed by atoms with Gasteiger partial charge in [-0.2, -0.15) is 0 Å². The third-order valence-electron chi connectivity index (χ3n) is 3.41. The van der Waals surface area contributed by atoms with Crippen molar-refractivity contribution in [1.82, 2.24) is 10.2 Å². The summed E-state index contributed by atoms with van der Waals surface area (Å²) in [6.45, 7) is 7.66. The molecule has 0 atom stereocenters. The van der Waals surface area contributed by atoms with Crippen LogP contribution in [0.25, 0.3) is 6.08 Å². The lowest BCUT2D eigenvalue weighted by atomic mass is 10.2. The fourth-order valence-corrected chi connectivity index (χ4v) is 2.79. The molecule has 1 saturated heterocycles. The maximum absolute atomic E-state index is 11.6. The number of rotatable bonds is 7. The topological polar surface area (TPSA) is 58.6 Å². The lowest BCUT2D eigenvalue weighted by molar-refractivity contribution is -0.115. The van der Waals surface area contributed by atoms with Gasteiger partial charge in [-0.15, -0.1) is 0 Å². The van der Waals surface area contributed by atoms with Gasteiger partial charge in [0.25, 0.3) is 11.1 Å². The smallest absolute Gasteiger partial charge is 0.290 e. The van der Waals surface area contributed by atoms with Crippen molar-refractivity contribution in [2.75, 3.05) is 26.2 Å². The van der Waals surface area contributed by atoms with Gasteiger partial charge in [0.15, 0.2) is 0 Å². The van der Waals surface area contributed by atoms with Crippen molar-refractivity contribution >= 4 is 29.0 Å². The minimum Gasteiger partial charge on any atom is -0.492 e. The highest BCUT2D eigenvalue weighted by Crippen LogP contribution is 2.28. The van der Waals surface area contributed by atoms with Gasteiger partial charge in [0.2, 0.25) is 0 Å². The molecule has 0 unspecified atom stereocenters. The molecular formula is C16H20N2O3S. The number of nitrogens with zero attached hydrogens (tertiary/aromatic N) is 1. The lowest BCUT2D eigenvalue weighted by Crippen LogP contribution is -2.28. The number of para-hydroxylation sites is 1. The van der Waals surface area contributed by atoms with Gasteiger partial charge in [0, 0.05) is 12.1 Å². The van der Waals surface area contributed by atoms with Gasteiger partial charge in [-0.3, -0.25) is 14.9 Å². The van der Waals surface area contributed by atoms with E-state index >= 15 is 0 Å². The Morgan fingerprint density at radius 3 is 2.59 bits per heavy atom. The van der Waals surface area contributed by atoms with Gasteiger partial charge in [0.05, 0.1) is 4.91 Å². The van der Waals surface area contributed by atoms with E-state index in [4.69, 9.17) is 4.74 Å². The van der Waals surface area contributed by atoms with Crippen molar-refractivity contribution in [3.63, 3.8) is 0 Å². The Kier molecular flexibility index (Phi) is 6.03. The van der Waals surface area contributed by atoms with Crippen molar-refractivity contribution in [3.8, 4) is 5.75 Å². The summed E-state index contributed by atoms with van der Waals surface area (Å²) in [5, 5.41) is 1.91. The second-order valence-corrected chi connectivity index (χ2v) is 5.78. The fraction of sp³-hybridized carbons (Fsp3) is 0.375. The number of thioether (sulfide) groups is 1. The first kappa shape index (κ1) is 16.6. The average Bonchev–Trinajstić information content (AvgIpc) is 2.83. The molecule has 5 nitrogen and oxygen atoms in total. The van der Waals surface area contributed by atoms with Crippen molar-refractivity contribution in [1.29, 1.82) is 0 Å². The van der Waals surface area contributed by atoms with Gasteiger partial charge in [0.1, 0.15) is 12.4 Å². The number of carbonyl (C=O) groups excluding carboxylic acids is 2. The molecule has 0 bridgehead atoms. The minimum atomic E-state index is -0.354. The SMILES string of the molecule is CCN(CC)CCOc1ccccc1/C=C1\SC(=O)NC1=O. The summed E-state index contributed by atoms with van der Waals surface area (Å²) < 4.78 is 5.83. The second kappa shape index (κ2) is 8.00. The Bertz CT molecular complexity index is 583. The highest BCUT2D eigenvalue weighted by atomic mass is 32.2. The number of amides is 2. The standard InChI is InChI=1S/C16H20N2O3S/c1-3-18(4-2)9-10-21-13-8-6-5-7-12(13)11-14-15(19)17-16(20)22-14/h5-8,11H,3-4,9-10H2,1-2H3,(H,17,19,20)/b14-11-. The van der Waals surface area contributed by atoms with Gasteiger partial charge < -0.3 is 9.64 Å². The summed E-state index contributed by atoms with van der Waals surface area (Å²) in [5.41, 5.74) is 0.800. The molecule has 6 heteroatoms. The summed E-state index contributed by atoms with van der Waals surface area (Å²) in [6.07, 6.45) is 1.69. The highest BCUT2D eigenvalue weighted by Gasteiger charge is 2.25. The molecule has 1 aliphatic rings. The molecule has 1 aliphatic heterocycles. The zero-order chi connectivity index (χ0) is 15.9. The molecule has 1 N–H and O–H groups in total. The molecule has 2 rings (SSSR count). The number of hydrogen-bond acceptors (Lipinski definition) is 5. The van der Waals surface area contributed by atoms with Gasteiger partial charge in [-0.25, -0.2) is 0 Å². The van der Waals surface area contributed by atoms with E-state index in [2.05, 4.69) is 24.1 Å². The first-order chi connectivity index (χ1) is 10.6. The molecule has 2 amide bonds. The first-order valence-electron chi connectivity index (χ1n) is 7.33. The van der Waals surface area contributed by atoms with Crippen LogP contribution in [0.5, 0.6) is 5.75 Å². The number of carbonyl (C=O) groups is 2. The van der Waals surface area contributed by atoms with Crippen LogP contribution in [0.15, 0.2) is 29.2 Å². The molecule has 22 heavy (non-hydrogen) atoms. The molecule has 1 aromatic rings. The zero-order valence-electron chi connectivity index (χ0n) is 12.8. The van der Waals surface area contributed by atoms with E-state index in [1.165, 1.54) is 0 Å². The summed E-state index contributed by atoms with van der Waals surface area (Å²) in [6, 6.07) is 7.51. The third-order valence-corrected chi connectivity index (χ3v) is 4.22. The summed E-state index contributed by atoms with van der Waals surface area (Å²) >= 11 is 0.911. The van der Waals surface area contributed by atoms with E-state index in [0.717, 1.165) is 42.7 Å². The first-order valence-corrected chi connectivity index (χ1v) is 8.14. The Hall–Kier alpha value is -1.79. The van der Waals surface area contributed by atoms with Crippen molar-refractivity contribution in [3.05, 3.63) is 34.7 Å². The number of benzene rings is 1. The predicted molar refractivity (Wildman–Crippen MR) is 88.8 cm³/mol. The lowest BCUT2D eigenvalue weighted by Gasteiger charge is -2.18. The molecule has 118 valence electrons. The largest absolute Gasteiger partial charge is 0.492 e. The summed E-state index contributed by atoms with van der Waals surface area (Å²) in [5.74, 6) is 0.364. The van der Waals surface area contributed by atoms with Crippen LogP contribution in [0, 0.1) is 0 Å². The molecule has 0 spiro atoms. The molecule has 1 fully saturated rings. The van der Waals surface area contributed by atoms with E-state index in [1.54, 1.807) is 6.08 Å². The number of ether oxygens (including phenoxy) is 1. The van der Waals surface area contributed by atoms with Gasteiger partial charge in [-0.05, 0) is 37.0 Å². The Balaban J connectivity index is 2.06. The normalized spacial score (nSPS) is 16.4. The maximum atomic E-state index is 11.6. The minimum absolute atomic E-state index is 0.337. The van der Waals surface area contributed by atoms with E-state index < -0.39 is 0 Å². The van der Waals surface area contributed by atoms with E-state index in [1.807, 2.05) is 24.3 Å². The van der Waals surface area contributed by atoms with Crippen LogP contribution in [-0.2, 0) is 4.79 Å². The van der Waals surface area contributed by atoms with Crippen LogP contribution in [-0.4, -0.2) is 42.3 Å². The number of hydrogen-bond donors (Lipinski definition) is 1. The average molecular weight is 320 g/mol. The molecule has 1 aromatic carbocycles. The van der Waals surface area contributed by atoms with Gasteiger partial charge in [-0.1, -0.05) is 32.0 Å². The Morgan fingerprint density at radius 1 is 1.23 bits per heavy atom. The van der Waals surface area contributed by atoms with Gasteiger partial charge >= 0.3 is 0 Å². The quantitative estimate of drug-likeness (QED) is 0.783. The second-order valence-electron chi connectivity index (χ2n) is 4.77.